The molecule has 2 aromatic carbocycles. The molecule has 0 spiro atoms. The average Bonchev–Trinajstić information content (AvgIpc) is 2.76. The van der Waals surface area contributed by atoms with E-state index in [2.05, 4.69) is 84.0 Å². The van der Waals surface area contributed by atoms with Crippen molar-refractivity contribution in [2.24, 2.45) is 0 Å². The lowest BCUT2D eigenvalue weighted by Gasteiger charge is -2.32. The van der Waals surface area contributed by atoms with E-state index < -0.39 is 0 Å². The van der Waals surface area contributed by atoms with Gasteiger partial charge in [-0.05, 0) is 63.2 Å². The van der Waals surface area contributed by atoms with Gasteiger partial charge in [-0.15, -0.1) is 0 Å². The molecule has 0 atom stereocenters. The van der Waals surface area contributed by atoms with E-state index >= 15 is 0 Å². The first-order valence-electron chi connectivity index (χ1n) is 8.79. The molecule has 1 saturated heterocycles. The minimum atomic E-state index is -0.306. The van der Waals surface area contributed by atoms with Gasteiger partial charge in [0.15, 0.2) is 0 Å². The molecule has 0 unspecified atom stereocenters. The number of hydrogen-bond acceptors (Lipinski definition) is 2. The van der Waals surface area contributed by atoms with Crippen LogP contribution >= 0.6 is 0 Å². The van der Waals surface area contributed by atoms with E-state index in [0.29, 0.717) is 0 Å². The van der Waals surface area contributed by atoms with Crippen LogP contribution in [0.1, 0.15) is 45.7 Å². The largest absolute Gasteiger partial charge is 0.494 e. The first-order chi connectivity index (χ1) is 11.2. The van der Waals surface area contributed by atoms with Crippen molar-refractivity contribution in [3.05, 3.63) is 53.6 Å². The fourth-order valence-electron chi connectivity index (χ4n) is 3.05. The minimum absolute atomic E-state index is 0.299. The second kappa shape index (κ2) is 6.05. The Morgan fingerprint density at radius 3 is 2.00 bits per heavy atom. The monoisotopic (exact) mass is 322 g/mol. The lowest BCUT2D eigenvalue weighted by Crippen LogP contribution is -2.41. The van der Waals surface area contributed by atoms with Crippen LogP contribution < -0.4 is 5.46 Å². The zero-order valence-electron chi connectivity index (χ0n) is 15.6. The van der Waals surface area contributed by atoms with Crippen LogP contribution in [0.2, 0.25) is 0 Å². The standard InChI is InChI=1S/C21H27BO2/c1-7-16-14-18(22-23-20(3,4)21(5,6)24-22)12-13-19(16)17-10-8-15(2)9-11-17/h8-14H,7H2,1-6H3. The van der Waals surface area contributed by atoms with Crippen LogP contribution in [0, 0.1) is 6.92 Å². The average molecular weight is 322 g/mol. The molecule has 1 fully saturated rings. The molecule has 126 valence electrons. The molecule has 1 aliphatic rings. The van der Waals surface area contributed by atoms with Gasteiger partial charge in [-0.1, -0.05) is 55.0 Å². The van der Waals surface area contributed by atoms with Crippen molar-refractivity contribution >= 4 is 12.6 Å². The summed E-state index contributed by atoms with van der Waals surface area (Å²) in [6, 6.07) is 15.3. The lowest BCUT2D eigenvalue weighted by molar-refractivity contribution is 0.00578. The van der Waals surface area contributed by atoms with Gasteiger partial charge in [-0.3, -0.25) is 0 Å². The maximum absolute atomic E-state index is 6.19. The maximum Gasteiger partial charge on any atom is 0.494 e. The van der Waals surface area contributed by atoms with Gasteiger partial charge in [0.25, 0.3) is 0 Å². The molecule has 0 aromatic heterocycles. The van der Waals surface area contributed by atoms with Crippen LogP contribution in [0.15, 0.2) is 42.5 Å². The summed E-state index contributed by atoms with van der Waals surface area (Å²) < 4.78 is 12.4. The van der Waals surface area contributed by atoms with Crippen molar-refractivity contribution in [1.29, 1.82) is 0 Å². The summed E-state index contributed by atoms with van der Waals surface area (Å²) in [5.74, 6) is 0. The van der Waals surface area contributed by atoms with Crippen LogP contribution in [0.3, 0.4) is 0 Å². The summed E-state index contributed by atoms with van der Waals surface area (Å²) >= 11 is 0. The minimum Gasteiger partial charge on any atom is -0.399 e. The Bertz CT molecular complexity index is 716. The molecule has 2 aromatic rings. The summed E-state index contributed by atoms with van der Waals surface area (Å²) in [6.45, 7) is 12.7. The summed E-state index contributed by atoms with van der Waals surface area (Å²) in [4.78, 5) is 0. The molecule has 0 amide bonds. The molecule has 3 rings (SSSR count). The molecular formula is C21H27BO2. The smallest absolute Gasteiger partial charge is 0.399 e. The van der Waals surface area contributed by atoms with Crippen molar-refractivity contribution in [3.63, 3.8) is 0 Å². The van der Waals surface area contributed by atoms with Gasteiger partial charge < -0.3 is 9.31 Å². The maximum atomic E-state index is 6.19. The zero-order chi connectivity index (χ0) is 17.5. The predicted octanol–water partition coefficient (Wildman–Crippen LogP) is 4.52. The number of hydrogen-bond donors (Lipinski definition) is 0. The Morgan fingerprint density at radius 2 is 1.46 bits per heavy atom. The first kappa shape index (κ1) is 17.3. The van der Waals surface area contributed by atoms with Crippen molar-refractivity contribution in [1.82, 2.24) is 0 Å². The quantitative estimate of drug-likeness (QED) is 0.773. The molecule has 0 saturated carbocycles. The van der Waals surface area contributed by atoms with Crippen LogP contribution in [0.5, 0.6) is 0 Å². The molecule has 24 heavy (non-hydrogen) atoms. The van der Waals surface area contributed by atoms with Gasteiger partial charge in [-0.25, -0.2) is 0 Å². The van der Waals surface area contributed by atoms with Crippen LogP contribution in [-0.4, -0.2) is 18.3 Å². The Kier molecular flexibility index (Phi) is 4.35. The molecule has 1 aliphatic heterocycles. The highest BCUT2D eigenvalue weighted by atomic mass is 16.7. The lowest BCUT2D eigenvalue weighted by atomic mass is 9.77. The normalized spacial score (nSPS) is 18.8. The predicted molar refractivity (Wildman–Crippen MR) is 102 cm³/mol. The molecule has 1 heterocycles. The highest BCUT2D eigenvalue weighted by molar-refractivity contribution is 6.62. The highest BCUT2D eigenvalue weighted by Gasteiger charge is 2.51. The van der Waals surface area contributed by atoms with Gasteiger partial charge in [0.2, 0.25) is 0 Å². The van der Waals surface area contributed by atoms with E-state index in [1.165, 1.54) is 22.3 Å². The summed E-state index contributed by atoms with van der Waals surface area (Å²) in [7, 11) is -0.299. The summed E-state index contributed by atoms with van der Waals surface area (Å²) in [6.07, 6.45) is 0.983. The fourth-order valence-corrected chi connectivity index (χ4v) is 3.05. The second-order valence-electron chi connectivity index (χ2n) is 7.72. The van der Waals surface area contributed by atoms with E-state index in [-0.39, 0.29) is 18.3 Å². The molecule has 2 nitrogen and oxygen atoms in total. The Hall–Kier alpha value is -1.58. The third kappa shape index (κ3) is 3.03. The van der Waals surface area contributed by atoms with E-state index in [1.807, 2.05) is 0 Å². The van der Waals surface area contributed by atoms with Crippen LogP contribution in [0.4, 0.5) is 0 Å². The molecule has 0 bridgehead atoms. The molecule has 0 N–H and O–H groups in total. The summed E-state index contributed by atoms with van der Waals surface area (Å²) in [5, 5.41) is 0. The Labute approximate surface area is 146 Å². The van der Waals surface area contributed by atoms with Crippen LogP contribution in [0.25, 0.3) is 11.1 Å². The SMILES string of the molecule is CCc1cc(B2OC(C)(C)C(C)(C)O2)ccc1-c1ccc(C)cc1. The number of rotatable bonds is 3. The zero-order valence-corrected chi connectivity index (χ0v) is 15.6. The number of benzene rings is 2. The Morgan fingerprint density at radius 1 is 0.875 bits per heavy atom. The van der Waals surface area contributed by atoms with Gasteiger partial charge in [0, 0.05) is 0 Å². The van der Waals surface area contributed by atoms with E-state index in [1.54, 1.807) is 0 Å². The van der Waals surface area contributed by atoms with Gasteiger partial charge >= 0.3 is 7.12 Å². The molecule has 3 heteroatoms. The topological polar surface area (TPSA) is 18.5 Å². The van der Waals surface area contributed by atoms with E-state index in [4.69, 9.17) is 9.31 Å². The van der Waals surface area contributed by atoms with Gasteiger partial charge in [-0.2, -0.15) is 0 Å². The third-order valence-electron chi connectivity index (χ3n) is 5.40. The van der Waals surface area contributed by atoms with Crippen molar-refractivity contribution in [2.45, 2.75) is 59.2 Å². The first-order valence-corrected chi connectivity index (χ1v) is 8.79. The third-order valence-corrected chi connectivity index (χ3v) is 5.40. The van der Waals surface area contributed by atoms with Crippen LogP contribution in [-0.2, 0) is 15.7 Å². The van der Waals surface area contributed by atoms with Crippen molar-refractivity contribution < 1.29 is 9.31 Å². The van der Waals surface area contributed by atoms with Crippen molar-refractivity contribution in [3.8, 4) is 11.1 Å². The molecule has 0 aliphatic carbocycles. The molecular weight excluding hydrogens is 295 g/mol. The Balaban J connectivity index is 1.94. The van der Waals surface area contributed by atoms with E-state index in [9.17, 15) is 0 Å². The number of aryl methyl sites for hydroxylation is 2. The van der Waals surface area contributed by atoms with Crippen molar-refractivity contribution in [2.75, 3.05) is 0 Å². The van der Waals surface area contributed by atoms with Gasteiger partial charge in [0.05, 0.1) is 11.2 Å². The highest BCUT2D eigenvalue weighted by Crippen LogP contribution is 2.36. The fraction of sp³-hybridized carbons (Fsp3) is 0.429. The van der Waals surface area contributed by atoms with E-state index in [0.717, 1.165) is 11.9 Å². The summed E-state index contributed by atoms with van der Waals surface area (Å²) in [5.41, 5.74) is 5.65. The molecule has 0 radical (unpaired) electrons. The second-order valence-corrected chi connectivity index (χ2v) is 7.72. The van der Waals surface area contributed by atoms with Gasteiger partial charge in [0.1, 0.15) is 0 Å².